The molecule has 0 saturated heterocycles. The van der Waals surface area contributed by atoms with Gasteiger partial charge in [0.05, 0.1) is 6.04 Å². The minimum Gasteiger partial charge on any atom is -0.374 e. The minimum absolute atomic E-state index is 0.354. The van der Waals surface area contributed by atoms with Crippen LogP contribution in [0.4, 0.5) is 0 Å². The molecule has 2 aromatic carbocycles. The Labute approximate surface area is 94.4 Å². The largest absolute Gasteiger partial charge is 0.374 e. The average molecular weight is 205 g/mol. The topological polar surface area (TPSA) is 12.0 Å². The van der Waals surface area contributed by atoms with Gasteiger partial charge < -0.3 is 5.32 Å². The molecule has 1 atom stereocenters. The minimum atomic E-state index is 0.354. The van der Waals surface area contributed by atoms with Gasteiger partial charge >= 0.3 is 0 Å². The van der Waals surface area contributed by atoms with E-state index < -0.39 is 0 Å². The SMILES string of the molecule is C1=C2NC(c3ccccc31)c1ccccc12. The van der Waals surface area contributed by atoms with Crippen molar-refractivity contribution >= 4 is 11.8 Å². The van der Waals surface area contributed by atoms with Crippen LogP contribution in [-0.4, -0.2) is 0 Å². The van der Waals surface area contributed by atoms with Crippen LogP contribution >= 0.6 is 0 Å². The molecule has 1 N–H and O–H groups in total. The van der Waals surface area contributed by atoms with Crippen LogP contribution in [0.15, 0.2) is 48.5 Å². The molecule has 76 valence electrons. The summed E-state index contributed by atoms with van der Waals surface area (Å²) in [5, 5.41) is 3.57. The Kier molecular flexibility index (Phi) is 1.41. The molecule has 2 bridgehead atoms. The van der Waals surface area contributed by atoms with E-state index in [1.165, 1.54) is 28.0 Å². The quantitative estimate of drug-likeness (QED) is 0.696. The van der Waals surface area contributed by atoms with Gasteiger partial charge in [-0.2, -0.15) is 0 Å². The molecular weight excluding hydrogens is 194 g/mol. The zero-order valence-electron chi connectivity index (χ0n) is 8.77. The summed E-state index contributed by atoms with van der Waals surface area (Å²) in [6, 6.07) is 17.6. The summed E-state index contributed by atoms with van der Waals surface area (Å²) < 4.78 is 0. The zero-order chi connectivity index (χ0) is 10.5. The summed E-state index contributed by atoms with van der Waals surface area (Å²) in [4.78, 5) is 0. The molecule has 0 amide bonds. The van der Waals surface area contributed by atoms with Gasteiger partial charge in [-0.1, -0.05) is 48.5 Å². The van der Waals surface area contributed by atoms with Crippen molar-refractivity contribution < 1.29 is 0 Å². The lowest BCUT2D eigenvalue weighted by Crippen LogP contribution is -2.17. The molecule has 1 heteroatoms. The van der Waals surface area contributed by atoms with Gasteiger partial charge in [-0.05, 0) is 22.8 Å². The number of benzene rings is 2. The average Bonchev–Trinajstić information content (AvgIpc) is 2.65. The van der Waals surface area contributed by atoms with Crippen LogP contribution in [0.1, 0.15) is 28.3 Å². The van der Waals surface area contributed by atoms with E-state index in [0.717, 1.165) is 0 Å². The molecule has 2 aromatic rings. The number of fused-ring (bicyclic) bond motifs is 7. The van der Waals surface area contributed by atoms with Crippen LogP contribution in [-0.2, 0) is 0 Å². The summed E-state index contributed by atoms with van der Waals surface area (Å²) in [6.07, 6.45) is 2.25. The summed E-state index contributed by atoms with van der Waals surface area (Å²) >= 11 is 0. The van der Waals surface area contributed by atoms with E-state index >= 15 is 0 Å². The first kappa shape index (κ1) is 8.17. The first-order valence-corrected chi connectivity index (χ1v) is 5.60. The number of rotatable bonds is 0. The first-order chi connectivity index (χ1) is 7.93. The van der Waals surface area contributed by atoms with Crippen LogP contribution in [0.2, 0.25) is 0 Å². The van der Waals surface area contributed by atoms with Crippen molar-refractivity contribution in [2.45, 2.75) is 6.04 Å². The highest BCUT2D eigenvalue weighted by molar-refractivity contribution is 5.89. The molecule has 2 aliphatic rings. The van der Waals surface area contributed by atoms with Gasteiger partial charge in [0.15, 0.2) is 0 Å². The van der Waals surface area contributed by atoms with Gasteiger partial charge in [0.1, 0.15) is 0 Å². The van der Waals surface area contributed by atoms with Crippen LogP contribution < -0.4 is 5.32 Å². The van der Waals surface area contributed by atoms with Crippen LogP contribution in [0.5, 0.6) is 0 Å². The Balaban J connectivity index is 2.07. The Morgan fingerprint density at radius 1 is 0.812 bits per heavy atom. The molecule has 16 heavy (non-hydrogen) atoms. The summed E-state index contributed by atoms with van der Waals surface area (Å²) in [6.45, 7) is 0. The molecule has 0 saturated carbocycles. The smallest absolute Gasteiger partial charge is 0.0780 e. The molecule has 1 nitrogen and oxygen atoms in total. The second-order valence-corrected chi connectivity index (χ2v) is 4.35. The number of nitrogens with one attached hydrogen (secondary N) is 1. The lowest BCUT2D eigenvalue weighted by atomic mass is 9.96. The molecule has 4 rings (SSSR count). The normalized spacial score (nSPS) is 19.5. The van der Waals surface area contributed by atoms with Gasteiger partial charge in [0.2, 0.25) is 0 Å². The Bertz CT molecular complexity index is 599. The Hall–Kier alpha value is -2.02. The number of hydrogen-bond donors (Lipinski definition) is 1. The van der Waals surface area contributed by atoms with Crippen LogP contribution in [0, 0.1) is 0 Å². The predicted molar refractivity (Wildman–Crippen MR) is 65.7 cm³/mol. The third-order valence-electron chi connectivity index (χ3n) is 3.47. The molecule has 0 aromatic heterocycles. The van der Waals surface area contributed by atoms with Crippen LogP contribution in [0.3, 0.4) is 0 Å². The standard InChI is InChI=1S/C15H11N/c1-2-6-11-10(5-1)9-14-12-7-3-4-8-13(12)15(11)16-14/h1-9,15-16H. The van der Waals surface area contributed by atoms with E-state index in [1.807, 2.05) is 0 Å². The van der Waals surface area contributed by atoms with Gasteiger partial charge in [0.25, 0.3) is 0 Å². The molecule has 0 radical (unpaired) electrons. The molecule has 0 aliphatic carbocycles. The molecular formula is C15H11N. The lowest BCUT2D eigenvalue weighted by molar-refractivity contribution is 0.775. The summed E-state index contributed by atoms with van der Waals surface area (Å²) in [5.74, 6) is 0. The third-order valence-corrected chi connectivity index (χ3v) is 3.47. The molecule has 0 spiro atoms. The predicted octanol–water partition coefficient (Wildman–Crippen LogP) is 3.19. The third kappa shape index (κ3) is 0.904. The zero-order valence-corrected chi connectivity index (χ0v) is 8.77. The lowest BCUT2D eigenvalue weighted by Gasteiger charge is -2.19. The maximum atomic E-state index is 3.57. The van der Waals surface area contributed by atoms with Gasteiger partial charge in [0, 0.05) is 11.3 Å². The molecule has 1 unspecified atom stereocenters. The maximum Gasteiger partial charge on any atom is 0.0780 e. The van der Waals surface area contributed by atoms with Crippen molar-refractivity contribution in [1.82, 2.24) is 5.32 Å². The molecule has 2 heterocycles. The highest BCUT2D eigenvalue weighted by atomic mass is 15.0. The first-order valence-electron chi connectivity index (χ1n) is 5.60. The van der Waals surface area contributed by atoms with Crippen molar-refractivity contribution in [3.05, 3.63) is 70.8 Å². The van der Waals surface area contributed by atoms with Gasteiger partial charge in [-0.25, -0.2) is 0 Å². The van der Waals surface area contributed by atoms with Crippen molar-refractivity contribution in [2.24, 2.45) is 0 Å². The fourth-order valence-electron chi connectivity index (χ4n) is 2.73. The summed E-state index contributed by atoms with van der Waals surface area (Å²) in [5.41, 5.74) is 6.75. The molecule has 0 fully saturated rings. The monoisotopic (exact) mass is 205 g/mol. The van der Waals surface area contributed by atoms with Crippen LogP contribution in [0.25, 0.3) is 11.8 Å². The van der Waals surface area contributed by atoms with E-state index in [0.29, 0.717) is 6.04 Å². The van der Waals surface area contributed by atoms with E-state index in [2.05, 4.69) is 59.9 Å². The highest BCUT2D eigenvalue weighted by Crippen LogP contribution is 2.42. The van der Waals surface area contributed by atoms with Gasteiger partial charge in [-0.3, -0.25) is 0 Å². The second kappa shape index (κ2) is 2.76. The fraction of sp³-hybridized carbons (Fsp3) is 0.0667. The molecule has 2 aliphatic heterocycles. The van der Waals surface area contributed by atoms with E-state index in [4.69, 9.17) is 0 Å². The Morgan fingerprint density at radius 3 is 2.50 bits per heavy atom. The highest BCUT2D eigenvalue weighted by Gasteiger charge is 2.30. The van der Waals surface area contributed by atoms with E-state index in [-0.39, 0.29) is 0 Å². The Morgan fingerprint density at radius 2 is 1.56 bits per heavy atom. The van der Waals surface area contributed by atoms with Gasteiger partial charge in [-0.15, -0.1) is 0 Å². The van der Waals surface area contributed by atoms with Crippen molar-refractivity contribution in [3.8, 4) is 0 Å². The summed E-state index contributed by atoms with van der Waals surface area (Å²) in [7, 11) is 0. The van der Waals surface area contributed by atoms with Crippen molar-refractivity contribution in [3.63, 3.8) is 0 Å². The second-order valence-electron chi connectivity index (χ2n) is 4.35. The fourth-order valence-corrected chi connectivity index (χ4v) is 2.73. The van der Waals surface area contributed by atoms with Crippen molar-refractivity contribution in [2.75, 3.05) is 0 Å². The van der Waals surface area contributed by atoms with Crippen molar-refractivity contribution in [1.29, 1.82) is 0 Å². The van der Waals surface area contributed by atoms with E-state index in [1.54, 1.807) is 0 Å². The van der Waals surface area contributed by atoms with E-state index in [9.17, 15) is 0 Å². The number of hydrogen-bond acceptors (Lipinski definition) is 1. The maximum absolute atomic E-state index is 3.57.